The second-order valence-corrected chi connectivity index (χ2v) is 8.43. The first-order chi connectivity index (χ1) is 8.92. The second-order valence-electron chi connectivity index (χ2n) is 8.43. The third-order valence-corrected chi connectivity index (χ3v) is 8.09. The molecule has 5 saturated carbocycles. The minimum absolute atomic E-state index is 1.17. The van der Waals surface area contributed by atoms with E-state index in [1.807, 2.05) is 0 Å². The predicted octanol–water partition coefficient (Wildman–Crippen LogP) is 4.89. The lowest BCUT2D eigenvalue weighted by Crippen LogP contribution is -2.52. The van der Waals surface area contributed by atoms with Crippen molar-refractivity contribution in [2.45, 2.75) is 64.2 Å². The maximum atomic E-state index is 1.66. The fourth-order valence-electron chi connectivity index (χ4n) is 7.75. The molecule has 0 aromatic heterocycles. The molecular formula is C18H28. The maximum absolute atomic E-state index is 1.66. The van der Waals surface area contributed by atoms with Crippen molar-refractivity contribution in [1.29, 1.82) is 0 Å². The van der Waals surface area contributed by atoms with E-state index in [0.29, 0.717) is 0 Å². The minimum atomic E-state index is 1.17. The molecule has 0 saturated heterocycles. The standard InChI is InChI=1S/C18H28/c1-2-11-4-6-13-7-5-12-8-9-15-10-14(3-1)16(11)18(13)17(12)15/h11-18H,1-10H2. The average molecular weight is 244 g/mol. The summed E-state index contributed by atoms with van der Waals surface area (Å²) in [5.74, 6) is 9.52. The molecule has 5 fully saturated rings. The van der Waals surface area contributed by atoms with Crippen LogP contribution in [0.4, 0.5) is 0 Å². The van der Waals surface area contributed by atoms with Crippen LogP contribution in [0, 0.1) is 47.3 Å². The molecule has 0 radical (unpaired) electrons. The number of hydrogen-bond donors (Lipinski definition) is 0. The Balaban J connectivity index is 1.57. The van der Waals surface area contributed by atoms with Crippen molar-refractivity contribution in [2.24, 2.45) is 47.3 Å². The molecule has 0 amide bonds. The van der Waals surface area contributed by atoms with Crippen LogP contribution in [-0.2, 0) is 0 Å². The van der Waals surface area contributed by atoms with Crippen LogP contribution >= 0.6 is 0 Å². The molecule has 8 atom stereocenters. The van der Waals surface area contributed by atoms with E-state index in [4.69, 9.17) is 0 Å². The first kappa shape index (κ1) is 10.7. The molecule has 0 heterocycles. The minimum Gasteiger partial charge on any atom is -0.0528 e. The lowest BCUT2D eigenvalue weighted by atomic mass is 9.46. The van der Waals surface area contributed by atoms with Gasteiger partial charge in [-0.2, -0.15) is 0 Å². The van der Waals surface area contributed by atoms with Crippen LogP contribution in [0.2, 0.25) is 0 Å². The molecule has 0 spiro atoms. The first-order valence-electron chi connectivity index (χ1n) is 8.92. The molecule has 0 aromatic rings. The monoisotopic (exact) mass is 244 g/mol. The molecule has 5 aliphatic rings. The zero-order valence-corrected chi connectivity index (χ0v) is 11.7. The molecule has 5 aliphatic carbocycles. The maximum Gasteiger partial charge on any atom is -0.0318 e. The molecule has 100 valence electrons. The highest BCUT2D eigenvalue weighted by atomic mass is 14.6. The van der Waals surface area contributed by atoms with Crippen molar-refractivity contribution in [1.82, 2.24) is 0 Å². The summed E-state index contributed by atoms with van der Waals surface area (Å²) in [6.45, 7) is 0. The molecule has 0 N–H and O–H groups in total. The van der Waals surface area contributed by atoms with Gasteiger partial charge in [-0.3, -0.25) is 0 Å². The summed E-state index contributed by atoms with van der Waals surface area (Å²) in [4.78, 5) is 0. The SMILES string of the molecule is C1CC2CCC3CCC4CCC5CC(C1)C2C3C45. The smallest absolute Gasteiger partial charge is 0.0318 e. The third-order valence-electron chi connectivity index (χ3n) is 8.09. The summed E-state index contributed by atoms with van der Waals surface area (Å²) in [6.07, 6.45) is 16.1. The Bertz CT molecular complexity index is 346. The van der Waals surface area contributed by atoms with Crippen LogP contribution in [-0.4, -0.2) is 0 Å². The third kappa shape index (κ3) is 1.28. The predicted molar refractivity (Wildman–Crippen MR) is 74.1 cm³/mol. The summed E-state index contributed by atoms with van der Waals surface area (Å²) < 4.78 is 0. The summed E-state index contributed by atoms with van der Waals surface area (Å²) in [5.41, 5.74) is 0. The van der Waals surface area contributed by atoms with Crippen molar-refractivity contribution < 1.29 is 0 Å². The second kappa shape index (κ2) is 3.76. The normalized spacial score (nSPS) is 61.3. The largest absolute Gasteiger partial charge is 0.0528 e. The van der Waals surface area contributed by atoms with E-state index >= 15 is 0 Å². The van der Waals surface area contributed by atoms with Gasteiger partial charge in [-0.25, -0.2) is 0 Å². The van der Waals surface area contributed by atoms with Crippen LogP contribution in [0.1, 0.15) is 64.2 Å². The summed E-state index contributed by atoms with van der Waals surface area (Å²) in [7, 11) is 0. The molecule has 0 bridgehead atoms. The lowest BCUT2D eigenvalue weighted by molar-refractivity contribution is -0.105. The fraction of sp³-hybridized carbons (Fsp3) is 1.00. The summed E-state index contributed by atoms with van der Waals surface area (Å²) >= 11 is 0. The molecule has 0 aromatic carbocycles. The van der Waals surface area contributed by atoms with Gasteiger partial charge in [0.15, 0.2) is 0 Å². The summed E-state index contributed by atoms with van der Waals surface area (Å²) in [5, 5.41) is 0. The van der Waals surface area contributed by atoms with E-state index in [9.17, 15) is 0 Å². The molecular weight excluding hydrogens is 216 g/mol. The van der Waals surface area contributed by atoms with Crippen molar-refractivity contribution in [2.75, 3.05) is 0 Å². The molecule has 8 unspecified atom stereocenters. The van der Waals surface area contributed by atoms with Gasteiger partial charge in [-0.1, -0.05) is 19.3 Å². The zero-order valence-electron chi connectivity index (χ0n) is 11.7. The van der Waals surface area contributed by atoms with Crippen LogP contribution in [0.5, 0.6) is 0 Å². The average Bonchev–Trinajstić information content (AvgIpc) is 2.83. The van der Waals surface area contributed by atoms with E-state index in [2.05, 4.69) is 0 Å². The van der Waals surface area contributed by atoms with Crippen LogP contribution < -0.4 is 0 Å². The Morgan fingerprint density at radius 2 is 0.833 bits per heavy atom. The Morgan fingerprint density at radius 1 is 0.389 bits per heavy atom. The van der Waals surface area contributed by atoms with E-state index in [0.717, 1.165) is 0 Å². The fourth-order valence-corrected chi connectivity index (χ4v) is 7.75. The molecule has 0 aliphatic heterocycles. The highest BCUT2D eigenvalue weighted by Crippen LogP contribution is 2.65. The number of rotatable bonds is 0. The van der Waals surface area contributed by atoms with Crippen LogP contribution in [0.25, 0.3) is 0 Å². The zero-order chi connectivity index (χ0) is 11.7. The highest BCUT2D eigenvalue weighted by Gasteiger charge is 2.57. The van der Waals surface area contributed by atoms with Gasteiger partial charge in [-0.05, 0) is 92.3 Å². The molecule has 0 heteroatoms. The van der Waals surface area contributed by atoms with Gasteiger partial charge in [0.05, 0.1) is 0 Å². The van der Waals surface area contributed by atoms with Gasteiger partial charge in [0, 0.05) is 0 Å². The Hall–Kier alpha value is 0. The van der Waals surface area contributed by atoms with Crippen LogP contribution in [0.15, 0.2) is 0 Å². The van der Waals surface area contributed by atoms with Crippen molar-refractivity contribution >= 4 is 0 Å². The lowest BCUT2D eigenvalue weighted by Gasteiger charge is -2.59. The van der Waals surface area contributed by atoms with Gasteiger partial charge in [0.2, 0.25) is 0 Å². The molecule has 5 rings (SSSR count). The van der Waals surface area contributed by atoms with Crippen LogP contribution in [0.3, 0.4) is 0 Å². The Morgan fingerprint density at radius 3 is 1.56 bits per heavy atom. The Labute approximate surface area is 112 Å². The topological polar surface area (TPSA) is 0 Å². The van der Waals surface area contributed by atoms with E-state index in [-0.39, 0.29) is 0 Å². The molecule has 18 heavy (non-hydrogen) atoms. The van der Waals surface area contributed by atoms with E-state index in [1.165, 1.54) is 47.3 Å². The van der Waals surface area contributed by atoms with E-state index in [1.54, 1.807) is 64.2 Å². The highest BCUT2D eigenvalue weighted by molar-refractivity contribution is 5.06. The van der Waals surface area contributed by atoms with Gasteiger partial charge in [0.25, 0.3) is 0 Å². The first-order valence-corrected chi connectivity index (χ1v) is 8.92. The Kier molecular flexibility index (Phi) is 2.25. The van der Waals surface area contributed by atoms with Gasteiger partial charge in [0.1, 0.15) is 0 Å². The van der Waals surface area contributed by atoms with Crippen molar-refractivity contribution in [3.8, 4) is 0 Å². The van der Waals surface area contributed by atoms with Gasteiger partial charge >= 0.3 is 0 Å². The van der Waals surface area contributed by atoms with Gasteiger partial charge in [-0.15, -0.1) is 0 Å². The molecule has 0 nitrogen and oxygen atoms in total. The van der Waals surface area contributed by atoms with Gasteiger partial charge < -0.3 is 0 Å². The number of hydrogen-bond acceptors (Lipinski definition) is 0. The quantitative estimate of drug-likeness (QED) is 0.569. The van der Waals surface area contributed by atoms with Crippen molar-refractivity contribution in [3.05, 3.63) is 0 Å². The van der Waals surface area contributed by atoms with Crippen molar-refractivity contribution in [3.63, 3.8) is 0 Å². The summed E-state index contributed by atoms with van der Waals surface area (Å²) in [6, 6.07) is 0. The van der Waals surface area contributed by atoms with E-state index < -0.39 is 0 Å².